The lowest BCUT2D eigenvalue weighted by molar-refractivity contribution is 0.0904. The monoisotopic (exact) mass is 415 g/mol. The molecule has 8 heteroatoms. The summed E-state index contributed by atoms with van der Waals surface area (Å²) >= 11 is 0. The zero-order valence-corrected chi connectivity index (χ0v) is 16.8. The molecule has 0 unspecified atom stereocenters. The molecule has 1 N–H and O–H groups in total. The van der Waals surface area contributed by atoms with Crippen LogP contribution in [0.4, 0.5) is 28.4 Å². The Labute approximate surface area is 179 Å². The van der Waals surface area contributed by atoms with Gasteiger partial charge in [-0.25, -0.2) is 0 Å². The van der Waals surface area contributed by atoms with Crippen molar-refractivity contribution < 1.29 is 14.6 Å². The molecule has 0 radical (unpaired) electrons. The molecule has 3 aromatic rings. The Bertz CT molecular complexity index is 1070. The van der Waals surface area contributed by atoms with Crippen molar-refractivity contribution in [1.82, 2.24) is 0 Å². The molecule has 1 saturated heterocycles. The molecule has 1 fully saturated rings. The number of benzene rings is 3. The van der Waals surface area contributed by atoms with Crippen molar-refractivity contribution in [2.75, 3.05) is 31.4 Å². The van der Waals surface area contributed by atoms with Crippen molar-refractivity contribution in [1.29, 1.82) is 0 Å². The molecule has 1 heterocycles. The molecular formula is C23H21N5O3. The predicted octanol–water partition coefficient (Wildman–Crippen LogP) is 5.49. The van der Waals surface area contributed by atoms with Crippen LogP contribution in [0.2, 0.25) is 0 Å². The molecule has 0 saturated carbocycles. The smallest absolute Gasteiger partial charge is 0.188 e. The van der Waals surface area contributed by atoms with Gasteiger partial charge in [-0.05, 0) is 72.8 Å². The van der Waals surface area contributed by atoms with Crippen LogP contribution in [0.1, 0.15) is 10.4 Å². The molecule has 8 nitrogen and oxygen atoms in total. The van der Waals surface area contributed by atoms with Crippen LogP contribution in [-0.4, -0.2) is 37.4 Å². The first kappa shape index (κ1) is 20.5. The van der Waals surface area contributed by atoms with Crippen LogP contribution in [0.25, 0.3) is 0 Å². The maximum Gasteiger partial charge on any atom is 0.188 e. The zero-order chi connectivity index (χ0) is 21.5. The number of aliphatic hydroxyl groups excluding tert-OH is 1. The molecular weight excluding hydrogens is 394 g/mol. The normalized spacial score (nSPS) is 14.0. The second-order valence-corrected chi connectivity index (χ2v) is 6.86. The maximum absolute atomic E-state index is 11.4. The highest BCUT2D eigenvalue weighted by Gasteiger charge is 2.11. The summed E-state index contributed by atoms with van der Waals surface area (Å²) in [7, 11) is 0. The van der Waals surface area contributed by atoms with Crippen LogP contribution in [-0.2, 0) is 4.74 Å². The minimum absolute atomic E-state index is 0.328. The Morgan fingerprint density at radius 1 is 0.774 bits per heavy atom. The molecule has 0 atom stereocenters. The van der Waals surface area contributed by atoms with E-state index in [1.165, 1.54) is 0 Å². The van der Waals surface area contributed by atoms with E-state index < -0.39 is 6.61 Å². The highest BCUT2D eigenvalue weighted by Crippen LogP contribution is 2.25. The fraction of sp³-hybridized carbons (Fsp3) is 0.174. The second kappa shape index (κ2) is 9.84. The van der Waals surface area contributed by atoms with E-state index in [0.29, 0.717) is 29.4 Å². The van der Waals surface area contributed by atoms with Crippen molar-refractivity contribution in [3.05, 3.63) is 78.4 Å². The molecule has 1 aliphatic rings. The third-order valence-corrected chi connectivity index (χ3v) is 4.71. The SMILES string of the molecule is O=C(CO)c1ccc(N=Nc2ccc(N=Nc3ccc(N4CCOC4)cc3)cc2)cc1. The lowest BCUT2D eigenvalue weighted by atomic mass is 10.1. The number of aliphatic hydroxyl groups is 1. The minimum atomic E-state index is -0.510. The molecule has 0 amide bonds. The number of azo groups is 2. The Balaban J connectivity index is 1.35. The van der Waals surface area contributed by atoms with E-state index in [1.54, 1.807) is 36.4 Å². The number of hydrogen-bond donors (Lipinski definition) is 1. The van der Waals surface area contributed by atoms with E-state index in [-0.39, 0.29) is 5.78 Å². The van der Waals surface area contributed by atoms with Gasteiger partial charge in [0.1, 0.15) is 13.3 Å². The van der Waals surface area contributed by atoms with Crippen LogP contribution in [0, 0.1) is 0 Å². The molecule has 3 aromatic carbocycles. The van der Waals surface area contributed by atoms with Crippen molar-refractivity contribution in [3.63, 3.8) is 0 Å². The number of ether oxygens (including phenoxy) is 1. The quantitative estimate of drug-likeness (QED) is 0.407. The summed E-state index contributed by atoms with van der Waals surface area (Å²) in [6, 6.07) is 21.7. The average molecular weight is 415 g/mol. The molecule has 4 rings (SSSR count). The summed E-state index contributed by atoms with van der Waals surface area (Å²) in [5.74, 6) is -0.328. The van der Waals surface area contributed by atoms with E-state index in [9.17, 15) is 4.79 Å². The Morgan fingerprint density at radius 2 is 1.23 bits per heavy atom. The molecule has 0 aromatic heterocycles. The van der Waals surface area contributed by atoms with Crippen LogP contribution in [0.15, 0.2) is 93.3 Å². The summed E-state index contributed by atoms with van der Waals surface area (Å²) in [6.07, 6.45) is 0. The van der Waals surface area contributed by atoms with Gasteiger partial charge in [0.15, 0.2) is 5.78 Å². The van der Waals surface area contributed by atoms with Crippen molar-refractivity contribution in [3.8, 4) is 0 Å². The Morgan fingerprint density at radius 3 is 1.65 bits per heavy atom. The average Bonchev–Trinajstić information content (AvgIpc) is 3.37. The molecule has 0 bridgehead atoms. The fourth-order valence-electron chi connectivity index (χ4n) is 2.97. The summed E-state index contributed by atoms with van der Waals surface area (Å²) < 4.78 is 5.37. The van der Waals surface area contributed by atoms with Gasteiger partial charge in [-0.3, -0.25) is 4.79 Å². The van der Waals surface area contributed by atoms with Gasteiger partial charge in [0.05, 0.1) is 29.4 Å². The first-order chi connectivity index (χ1) is 15.2. The fourth-order valence-corrected chi connectivity index (χ4v) is 2.97. The van der Waals surface area contributed by atoms with Crippen molar-refractivity contribution >= 4 is 34.2 Å². The highest BCUT2D eigenvalue weighted by molar-refractivity contribution is 5.97. The molecule has 31 heavy (non-hydrogen) atoms. The Kier molecular flexibility index (Phi) is 6.51. The summed E-state index contributed by atoms with van der Waals surface area (Å²) in [4.78, 5) is 13.6. The predicted molar refractivity (Wildman–Crippen MR) is 117 cm³/mol. The van der Waals surface area contributed by atoms with Gasteiger partial charge < -0.3 is 14.7 Å². The minimum Gasteiger partial charge on any atom is -0.388 e. The van der Waals surface area contributed by atoms with E-state index in [0.717, 1.165) is 24.5 Å². The van der Waals surface area contributed by atoms with Gasteiger partial charge in [0, 0.05) is 17.8 Å². The number of carbonyl (C=O) groups excluding carboxylic acids is 1. The number of carbonyl (C=O) groups is 1. The Hall–Kier alpha value is -3.75. The van der Waals surface area contributed by atoms with E-state index >= 15 is 0 Å². The topological polar surface area (TPSA) is 99.2 Å². The number of ketones is 1. The van der Waals surface area contributed by atoms with E-state index in [2.05, 4.69) is 25.4 Å². The summed E-state index contributed by atoms with van der Waals surface area (Å²) in [6.45, 7) is 1.78. The second-order valence-electron chi connectivity index (χ2n) is 6.86. The van der Waals surface area contributed by atoms with Gasteiger partial charge in [0.25, 0.3) is 0 Å². The largest absolute Gasteiger partial charge is 0.388 e. The molecule has 0 aliphatic carbocycles. The van der Waals surface area contributed by atoms with Gasteiger partial charge in [-0.2, -0.15) is 20.5 Å². The van der Waals surface area contributed by atoms with Gasteiger partial charge in [-0.15, -0.1) is 0 Å². The number of rotatable bonds is 7. The van der Waals surface area contributed by atoms with Crippen LogP contribution < -0.4 is 4.90 Å². The van der Waals surface area contributed by atoms with E-state index in [1.807, 2.05) is 36.4 Å². The first-order valence-electron chi connectivity index (χ1n) is 9.82. The summed E-state index contributed by atoms with van der Waals surface area (Å²) in [5.41, 5.74) is 4.32. The number of Topliss-reactive ketones (excluding diaryl/α,β-unsaturated/α-hetero) is 1. The maximum atomic E-state index is 11.4. The van der Waals surface area contributed by atoms with Gasteiger partial charge in [0.2, 0.25) is 0 Å². The van der Waals surface area contributed by atoms with Crippen molar-refractivity contribution in [2.45, 2.75) is 0 Å². The lowest BCUT2D eigenvalue weighted by Gasteiger charge is -2.15. The van der Waals surface area contributed by atoms with Crippen LogP contribution in [0.5, 0.6) is 0 Å². The number of anilines is 1. The standard InChI is InChI=1S/C23H21N5O3/c29-15-23(30)17-1-3-18(4-2-17)24-25-19-5-7-20(8-6-19)26-27-21-9-11-22(12-10-21)28-13-14-31-16-28/h1-12,29H,13-16H2. The van der Waals surface area contributed by atoms with Gasteiger partial charge in [-0.1, -0.05) is 0 Å². The third-order valence-electron chi connectivity index (χ3n) is 4.71. The molecule has 0 spiro atoms. The third kappa shape index (κ3) is 5.44. The van der Waals surface area contributed by atoms with Crippen LogP contribution >= 0.6 is 0 Å². The van der Waals surface area contributed by atoms with Crippen molar-refractivity contribution in [2.24, 2.45) is 20.5 Å². The van der Waals surface area contributed by atoms with E-state index in [4.69, 9.17) is 9.84 Å². The highest BCUT2D eigenvalue weighted by atomic mass is 16.5. The molecule has 1 aliphatic heterocycles. The number of nitrogens with zero attached hydrogens (tertiary/aromatic N) is 5. The molecule has 156 valence electrons. The van der Waals surface area contributed by atoms with Gasteiger partial charge >= 0.3 is 0 Å². The lowest BCUT2D eigenvalue weighted by Crippen LogP contribution is -2.17. The van der Waals surface area contributed by atoms with Crippen LogP contribution in [0.3, 0.4) is 0 Å². The number of hydrogen-bond acceptors (Lipinski definition) is 8. The first-order valence-corrected chi connectivity index (χ1v) is 9.82. The zero-order valence-electron chi connectivity index (χ0n) is 16.8. The summed E-state index contributed by atoms with van der Waals surface area (Å²) in [5, 5.41) is 25.7.